The Bertz CT molecular complexity index is 459. The van der Waals surface area contributed by atoms with Crippen molar-refractivity contribution in [2.45, 2.75) is 26.8 Å². The Morgan fingerprint density at radius 2 is 2.26 bits per heavy atom. The van der Waals surface area contributed by atoms with Crippen LogP contribution in [-0.4, -0.2) is 43.0 Å². The molecule has 104 valence electrons. The van der Waals surface area contributed by atoms with E-state index in [0.29, 0.717) is 12.6 Å². The van der Waals surface area contributed by atoms with E-state index in [0.717, 1.165) is 30.9 Å². The van der Waals surface area contributed by atoms with Crippen molar-refractivity contribution in [3.63, 3.8) is 0 Å². The first-order chi connectivity index (χ1) is 9.08. The SMILES string of the molecule is Cc1cccc(NC(=O)CN2CCNC[C@@H]2C)c1C. The highest BCUT2D eigenvalue weighted by Crippen LogP contribution is 2.18. The Hall–Kier alpha value is -1.39. The lowest BCUT2D eigenvalue weighted by Gasteiger charge is -2.33. The fraction of sp³-hybridized carbons (Fsp3) is 0.533. The van der Waals surface area contributed by atoms with E-state index in [1.807, 2.05) is 19.1 Å². The molecule has 0 bridgehead atoms. The average Bonchev–Trinajstić information content (AvgIpc) is 2.38. The zero-order valence-corrected chi connectivity index (χ0v) is 12.0. The number of carbonyl (C=O) groups is 1. The molecule has 2 rings (SSSR count). The molecule has 1 saturated heterocycles. The summed E-state index contributed by atoms with van der Waals surface area (Å²) in [6, 6.07) is 6.41. The molecular weight excluding hydrogens is 238 g/mol. The summed E-state index contributed by atoms with van der Waals surface area (Å²) < 4.78 is 0. The predicted molar refractivity (Wildman–Crippen MR) is 78.5 cm³/mol. The minimum absolute atomic E-state index is 0.0717. The van der Waals surface area contributed by atoms with Gasteiger partial charge in [0.05, 0.1) is 6.54 Å². The van der Waals surface area contributed by atoms with Gasteiger partial charge in [-0.1, -0.05) is 12.1 Å². The van der Waals surface area contributed by atoms with E-state index in [1.165, 1.54) is 5.56 Å². The fourth-order valence-electron chi connectivity index (χ4n) is 2.38. The maximum atomic E-state index is 12.1. The number of rotatable bonds is 3. The van der Waals surface area contributed by atoms with E-state index >= 15 is 0 Å². The number of aryl methyl sites for hydroxylation is 1. The monoisotopic (exact) mass is 261 g/mol. The molecule has 1 aromatic carbocycles. The first kappa shape index (κ1) is 14.0. The number of hydrogen-bond donors (Lipinski definition) is 2. The second kappa shape index (κ2) is 6.17. The van der Waals surface area contributed by atoms with E-state index in [2.05, 4.69) is 35.4 Å². The maximum Gasteiger partial charge on any atom is 0.238 e. The molecule has 1 heterocycles. The second-order valence-electron chi connectivity index (χ2n) is 5.32. The number of nitrogens with zero attached hydrogens (tertiary/aromatic N) is 1. The number of nitrogens with one attached hydrogen (secondary N) is 2. The Morgan fingerprint density at radius 1 is 1.47 bits per heavy atom. The summed E-state index contributed by atoms with van der Waals surface area (Å²) >= 11 is 0. The second-order valence-corrected chi connectivity index (χ2v) is 5.32. The van der Waals surface area contributed by atoms with Crippen molar-refractivity contribution in [3.8, 4) is 0 Å². The van der Waals surface area contributed by atoms with Crippen molar-refractivity contribution in [1.82, 2.24) is 10.2 Å². The molecule has 0 spiro atoms. The van der Waals surface area contributed by atoms with Crippen LogP contribution in [0.1, 0.15) is 18.1 Å². The van der Waals surface area contributed by atoms with Crippen LogP contribution in [0.15, 0.2) is 18.2 Å². The summed E-state index contributed by atoms with van der Waals surface area (Å²) in [6.07, 6.45) is 0. The number of carbonyl (C=O) groups excluding carboxylic acids is 1. The van der Waals surface area contributed by atoms with Gasteiger partial charge in [0.2, 0.25) is 5.91 Å². The lowest BCUT2D eigenvalue weighted by molar-refractivity contribution is -0.118. The highest BCUT2D eigenvalue weighted by Gasteiger charge is 2.20. The number of hydrogen-bond acceptors (Lipinski definition) is 3. The number of piperazine rings is 1. The van der Waals surface area contributed by atoms with E-state index < -0.39 is 0 Å². The lowest BCUT2D eigenvalue weighted by Crippen LogP contribution is -2.52. The molecule has 0 unspecified atom stereocenters. The zero-order chi connectivity index (χ0) is 13.8. The Morgan fingerprint density at radius 3 is 3.00 bits per heavy atom. The molecule has 1 aromatic rings. The van der Waals surface area contributed by atoms with Crippen molar-refractivity contribution in [2.24, 2.45) is 0 Å². The van der Waals surface area contributed by atoms with Crippen LogP contribution in [0.2, 0.25) is 0 Å². The largest absolute Gasteiger partial charge is 0.325 e. The molecule has 1 fully saturated rings. The topological polar surface area (TPSA) is 44.4 Å². The van der Waals surface area contributed by atoms with Crippen molar-refractivity contribution >= 4 is 11.6 Å². The van der Waals surface area contributed by atoms with E-state index in [-0.39, 0.29) is 5.91 Å². The van der Waals surface area contributed by atoms with Crippen LogP contribution in [0.5, 0.6) is 0 Å². The van der Waals surface area contributed by atoms with Gasteiger partial charge in [-0.3, -0.25) is 9.69 Å². The first-order valence-electron chi connectivity index (χ1n) is 6.89. The van der Waals surface area contributed by atoms with Gasteiger partial charge in [0.25, 0.3) is 0 Å². The number of anilines is 1. The molecule has 0 radical (unpaired) electrons. The van der Waals surface area contributed by atoms with Gasteiger partial charge >= 0.3 is 0 Å². The molecule has 4 heteroatoms. The Labute approximate surface area is 115 Å². The summed E-state index contributed by atoms with van der Waals surface area (Å²) in [5, 5.41) is 6.35. The lowest BCUT2D eigenvalue weighted by atomic mass is 10.1. The van der Waals surface area contributed by atoms with Crippen molar-refractivity contribution in [3.05, 3.63) is 29.3 Å². The molecule has 2 N–H and O–H groups in total. The Balaban J connectivity index is 1.95. The van der Waals surface area contributed by atoms with Crippen LogP contribution < -0.4 is 10.6 Å². The van der Waals surface area contributed by atoms with Gasteiger partial charge in [-0.2, -0.15) is 0 Å². The molecular formula is C15H23N3O. The van der Waals surface area contributed by atoms with Crippen molar-refractivity contribution in [2.75, 3.05) is 31.5 Å². The molecule has 0 aromatic heterocycles. The molecule has 1 amide bonds. The van der Waals surface area contributed by atoms with Crippen LogP contribution >= 0.6 is 0 Å². The molecule has 1 aliphatic heterocycles. The maximum absolute atomic E-state index is 12.1. The van der Waals surface area contributed by atoms with E-state index in [4.69, 9.17) is 0 Å². The van der Waals surface area contributed by atoms with Gasteiger partial charge in [0, 0.05) is 31.4 Å². The smallest absolute Gasteiger partial charge is 0.238 e. The summed E-state index contributed by atoms with van der Waals surface area (Å²) in [7, 11) is 0. The molecule has 0 saturated carbocycles. The molecule has 4 nitrogen and oxygen atoms in total. The van der Waals surface area contributed by atoms with E-state index in [1.54, 1.807) is 0 Å². The van der Waals surface area contributed by atoms with Gasteiger partial charge in [-0.25, -0.2) is 0 Å². The average molecular weight is 261 g/mol. The summed E-state index contributed by atoms with van der Waals surface area (Å²) in [4.78, 5) is 14.3. The van der Waals surface area contributed by atoms with Gasteiger partial charge in [-0.15, -0.1) is 0 Å². The zero-order valence-electron chi connectivity index (χ0n) is 12.0. The fourth-order valence-corrected chi connectivity index (χ4v) is 2.38. The quantitative estimate of drug-likeness (QED) is 0.867. The third-order valence-electron chi connectivity index (χ3n) is 3.86. The highest BCUT2D eigenvalue weighted by atomic mass is 16.2. The van der Waals surface area contributed by atoms with Crippen LogP contribution in [0.4, 0.5) is 5.69 Å². The standard InChI is InChI=1S/C15H23N3O/c1-11-5-4-6-14(13(11)3)17-15(19)10-18-8-7-16-9-12(18)2/h4-6,12,16H,7-10H2,1-3H3,(H,17,19)/t12-/m0/s1. The van der Waals surface area contributed by atoms with Gasteiger partial charge in [0.15, 0.2) is 0 Å². The molecule has 19 heavy (non-hydrogen) atoms. The summed E-state index contributed by atoms with van der Waals surface area (Å²) in [6.45, 7) is 9.56. The summed E-state index contributed by atoms with van der Waals surface area (Å²) in [5.74, 6) is 0.0717. The third kappa shape index (κ3) is 3.55. The molecule has 1 aliphatic rings. The minimum Gasteiger partial charge on any atom is -0.325 e. The highest BCUT2D eigenvalue weighted by molar-refractivity contribution is 5.93. The Kier molecular flexibility index (Phi) is 4.56. The van der Waals surface area contributed by atoms with Gasteiger partial charge in [0.1, 0.15) is 0 Å². The summed E-state index contributed by atoms with van der Waals surface area (Å²) in [5.41, 5.74) is 3.27. The van der Waals surface area contributed by atoms with E-state index in [9.17, 15) is 4.79 Å². The van der Waals surface area contributed by atoms with Crippen LogP contribution in [0.3, 0.4) is 0 Å². The van der Waals surface area contributed by atoms with Gasteiger partial charge < -0.3 is 10.6 Å². The first-order valence-corrected chi connectivity index (χ1v) is 6.89. The third-order valence-corrected chi connectivity index (χ3v) is 3.86. The van der Waals surface area contributed by atoms with Crippen LogP contribution in [-0.2, 0) is 4.79 Å². The molecule has 0 aliphatic carbocycles. The number of benzene rings is 1. The molecule has 1 atom stereocenters. The predicted octanol–water partition coefficient (Wildman–Crippen LogP) is 1.54. The van der Waals surface area contributed by atoms with Crippen LogP contribution in [0, 0.1) is 13.8 Å². The van der Waals surface area contributed by atoms with Gasteiger partial charge in [-0.05, 0) is 38.0 Å². The normalized spacial score (nSPS) is 20.3. The van der Waals surface area contributed by atoms with Crippen molar-refractivity contribution in [1.29, 1.82) is 0 Å². The van der Waals surface area contributed by atoms with Crippen molar-refractivity contribution < 1.29 is 4.79 Å². The number of amides is 1. The minimum atomic E-state index is 0.0717. The van der Waals surface area contributed by atoms with Crippen LogP contribution in [0.25, 0.3) is 0 Å².